The number of amides is 1. The first-order valence-corrected chi connectivity index (χ1v) is 9.59. The van der Waals surface area contributed by atoms with Crippen molar-refractivity contribution in [3.05, 3.63) is 71.4 Å². The smallest absolute Gasteiger partial charge is 0.413 e. The number of aromatic nitrogens is 1. The Balaban J connectivity index is 2.22. The third kappa shape index (κ3) is 4.28. The largest absolute Gasteiger partial charge is 0.465 e. The Bertz CT molecular complexity index is 1000. The van der Waals surface area contributed by atoms with E-state index in [9.17, 15) is 23.1 Å². The van der Waals surface area contributed by atoms with Crippen molar-refractivity contribution in [2.75, 3.05) is 4.90 Å². The Labute approximate surface area is 175 Å². The van der Waals surface area contributed by atoms with Crippen LogP contribution >= 0.6 is 11.6 Å². The lowest BCUT2D eigenvalue weighted by atomic mass is 10.0. The highest BCUT2D eigenvalue weighted by molar-refractivity contribution is 6.17. The molecule has 1 aromatic heterocycles. The molecule has 0 spiro atoms. The SMILES string of the molecule is CCc1noc(-c2ccc(CCl)cc2)c1N(C(=O)O)C(c1ccccc1)C(F)(F)F. The Kier molecular flexibility index (Phi) is 6.36. The standard InChI is InChI=1S/C21H18ClF3N2O3/c1-2-16-17(18(30-26-16)14-10-8-13(12-22)9-11-14)27(20(28)29)19(21(23,24)25)15-6-4-3-5-7-15/h3-11,19H,2,12H2,1H3,(H,28,29). The van der Waals surface area contributed by atoms with Crippen LogP contribution in [-0.2, 0) is 12.3 Å². The zero-order chi connectivity index (χ0) is 21.9. The van der Waals surface area contributed by atoms with Gasteiger partial charge in [0.1, 0.15) is 11.4 Å². The molecule has 9 heteroatoms. The maximum atomic E-state index is 14.1. The average molecular weight is 439 g/mol. The molecule has 0 aliphatic carbocycles. The van der Waals surface area contributed by atoms with E-state index in [0.29, 0.717) is 5.56 Å². The van der Waals surface area contributed by atoms with Crippen molar-refractivity contribution in [1.82, 2.24) is 5.16 Å². The highest BCUT2D eigenvalue weighted by atomic mass is 35.5. The molecule has 0 fully saturated rings. The summed E-state index contributed by atoms with van der Waals surface area (Å²) in [6.07, 6.45) is -6.46. The number of halogens is 4. The number of alkyl halides is 4. The second-order valence-electron chi connectivity index (χ2n) is 6.50. The van der Waals surface area contributed by atoms with Gasteiger partial charge in [0.15, 0.2) is 11.8 Å². The highest BCUT2D eigenvalue weighted by Gasteiger charge is 2.49. The lowest BCUT2D eigenvalue weighted by Crippen LogP contribution is -2.42. The fraction of sp³-hybridized carbons (Fsp3) is 0.238. The van der Waals surface area contributed by atoms with Gasteiger partial charge in [0.2, 0.25) is 0 Å². The molecule has 2 aromatic carbocycles. The van der Waals surface area contributed by atoms with Crippen molar-refractivity contribution in [2.24, 2.45) is 0 Å². The van der Waals surface area contributed by atoms with Gasteiger partial charge in [0.25, 0.3) is 0 Å². The van der Waals surface area contributed by atoms with E-state index in [1.807, 2.05) is 0 Å². The molecule has 0 aliphatic rings. The number of carbonyl (C=O) groups is 1. The van der Waals surface area contributed by atoms with Crippen molar-refractivity contribution in [3.8, 4) is 11.3 Å². The molecule has 5 nitrogen and oxygen atoms in total. The van der Waals surface area contributed by atoms with Gasteiger partial charge in [-0.05, 0) is 17.5 Å². The summed E-state index contributed by atoms with van der Waals surface area (Å²) in [5.74, 6) is 0.204. The first-order valence-electron chi connectivity index (χ1n) is 9.05. The molecule has 0 aliphatic heterocycles. The minimum atomic E-state index is -4.87. The third-order valence-corrected chi connectivity index (χ3v) is 4.88. The molecule has 158 valence electrons. The third-order valence-electron chi connectivity index (χ3n) is 4.57. The van der Waals surface area contributed by atoms with Crippen molar-refractivity contribution in [3.63, 3.8) is 0 Å². The van der Waals surface area contributed by atoms with Gasteiger partial charge < -0.3 is 9.63 Å². The number of anilines is 1. The average Bonchev–Trinajstić information content (AvgIpc) is 3.15. The summed E-state index contributed by atoms with van der Waals surface area (Å²) in [6.45, 7) is 1.66. The number of hydrogen-bond donors (Lipinski definition) is 1. The van der Waals surface area contributed by atoms with Gasteiger partial charge in [-0.3, -0.25) is 4.90 Å². The number of aryl methyl sites for hydroxylation is 1. The van der Waals surface area contributed by atoms with E-state index in [2.05, 4.69) is 5.16 Å². The van der Waals surface area contributed by atoms with Crippen molar-refractivity contribution >= 4 is 23.4 Å². The predicted molar refractivity (Wildman–Crippen MR) is 107 cm³/mol. The summed E-state index contributed by atoms with van der Waals surface area (Å²) in [5, 5.41) is 13.7. The maximum absolute atomic E-state index is 14.1. The zero-order valence-electron chi connectivity index (χ0n) is 15.9. The van der Waals surface area contributed by atoms with Gasteiger partial charge in [-0.15, -0.1) is 11.6 Å². The second kappa shape index (κ2) is 8.79. The van der Waals surface area contributed by atoms with Gasteiger partial charge in [-0.1, -0.05) is 66.7 Å². The molecule has 0 saturated heterocycles. The molecule has 0 saturated carbocycles. The van der Waals surface area contributed by atoms with Crippen LogP contribution in [-0.4, -0.2) is 22.5 Å². The second-order valence-corrected chi connectivity index (χ2v) is 6.77. The van der Waals surface area contributed by atoms with Crippen LogP contribution in [0.2, 0.25) is 0 Å². The van der Waals surface area contributed by atoms with E-state index in [4.69, 9.17) is 16.1 Å². The monoisotopic (exact) mass is 438 g/mol. The zero-order valence-corrected chi connectivity index (χ0v) is 16.6. The number of nitrogens with zero attached hydrogens (tertiary/aromatic N) is 2. The Hall–Kier alpha value is -3.00. The molecule has 0 bridgehead atoms. The molecule has 1 atom stereocenters. The lowest BCUT2D eigenvalue weighted by Gasteiger charge is -2.31. The molecule has 1 unspecified atom stereocenters. The van der Waals surface area contributed by atoms with Crippen LogP contribution in [0.25, 0.3) is 11.3 Å². The van der Waals surface area contributed by atoms with Gasteiger partial charge >= 0.3 is 12.3 Å². The van der Waals surface area contributed by atoms with Gasteiger partial charge in [0.05, 0.1) is 0 Å². The first-order chi connectivity index (χ1) is 14.3. The molecule has 0 radical (unpaired) electrons. The summed E-state index contributed by atoms with van der Waals surface area (Å²) in [7, 11) is 0. The van der Waals surface area contributed by atoms with E-state index >= 15 is 0 Å². The molecule has 3 aromatic rings. The summed E-state index contributed by atoms with van der Waals surface area (Å²) < 4.78 is 47.6. The van der Waals surface area contributed by atoms with Crippen LogP contribution in [0.3, 0.4) is 0 Å². The van der Waals surface area contributed by atoms with Gasteiger partial charge in [-0.2, -0.15) is 13.2 Å². The van der Waals surface area contributed by atoms with Crippen molar-refractivity contribution in [1.29, 1.82) is 0 Å². The topological polar surface area (TPSA) is 66.6 Å². The summed E-state index contributed by atoms with van der Waals surface area (Å²) in [5.41, 5.74) is 0.865. The van der Waals surface area contributed by atoms with Gasteiger partial charge in [0, 0.05) is 11.4 Å². The van der Waals surface area contributed by atoms with Crippen molar-refractivity contribution < 1.29 is 27.6 Å². The van der Waals surface area contributed by atoms with Crippen LogP contribution in [0.4, 0.5) is 23.7 Å². The molecular weight excluding hydrogens is 421 g/mol. The van der Waals surface area contributed by atoms with Crippen molar-refractivity contribution in [2.45, 2.75) is 31.4 Å². The Morgan fingerprint density at radius 3 is 2.30 bits per heavy atom. The van der Waals surface area contributed by atoms with E-state index in [1.54, 1.807) is 37.3 Å². The molecular formula is C21H18ClF3N2O3. The number of hydrogen-bond acceptors (Lipinski definition) is 3. The molecule has 30 heavy (non-hydrogen) atoms. The Morgan fingerprint density at radius 1 is 1.17 bits per heavy atom. The van der Waals surface area contributed by atoms with Crippen LogP contribution in [0.15, 0.2) is 59.1 Å². The normalized spacial score (nSPS) is 12.6. The number of rotatable bonds is 6. The predicted octanol–water partition coefficient (Wildman–Crippen LogP) is 6.43. The van der Waals surface area contributed by atoms with Crippen LogP contribution in [0, 0.1) is 0 Å². The number of benzene rings is 2. The lowest BCUT2D eigenvalue weighted by molar-refractivity contribution is -0.149. The van der Waals surface area contributed by atoms with Gasteiger partial charge in [-0.25, -0.2) is 4.79 Å². The molecule has 1 amide bonds. The summed E-state index contributed by atoms with van der Waals surface area (Å²) in [6, 6.07) is 11.0. The van der Waals surface area contributed by atoms with Crippen LogP contribution in [0.1, 0.15) is 29.8 Å². The Morgan fingerprint density at radius 2 is 1.80 bits per heavy atom. The minimum Gasteiger partial charge on any atom is -0.465 e. The van der Waals surface area contributed by atoms with E-state index < -0.39 is 18.3 Å². The van der Waals surface area contributed by atoms with E-state index in [0.717, 1.165) is 5.56 Å². The number of carboxylic acid groups (broad SMARTS) is 1. The van der Waals surface area contributed by atoms with Crippen LogP contribution in [0.5, 0.6) is 0 Å². The van der Waals surface area contributed by atoms with E-state index in [-0.39, 0.29) is 39.9 Å². The first kappa shape index (κ1) is 21.7. The fourth-order valence-electron chi connectivity index (χ4n) is 3.19. The van der Waals surface area contributed by atoms with Crippen LogP contribution < -0.4 is 4.90 Å². The quantitative estimate of drug-likeness (QED) is 0.450. The van der Waals surface area contributed by atoms with E-state index in [1.165, 1.54) is 24.3 Å². The summed E-state index contributed by atoms with van der Waals surface area (Å²) >= 11 is 5.79. The minimum absolute atomic E-state index is 0.0550. The fourth-order valence-corrected chi connectivity index (χ4v) is 3.37. The maximum Gasteiger partial charge on any atom is 0.413 e. The molecule has 1 heterocycles. The highest BCUT2D eigenvalue weighted by Crippen LogP contribution is 2.45. The molecule has 3 rings (SSSR count). The molecule has 1 N–H and O–H groups in total. The summed E-state index contributed by atoms with van der Waals surface area (Å²) in [4.78, 5) is 12.4.